The van der Waals surface area contributed by atoms with Gasteiger partial charge in [-0.05, 0) is 24.6 Å². The summed E-state index contributed by atoms with van der Waals surface area (Å²) in [5.74, 6) is -1.96. The summed E-state index contributed by atoms with van der Waals surface area (Å²) in [6.45, 7) is 0.0277. The molecule has 5 N–H and O–H groups in total. The van der Waals surface area contributed by atoms with Crippen molar-refractivity contribution in [3.63, 3.8) is 0 Å². The lowest BCUT2D eigenvalue weighted by atomic mass is 10.1. The maximum Gasteiger partial charge on any atom is 0.270 e. The van der Waals surface area contributed by atoms with E-state index in [1.54, 1.807) is 0 Å². The van der Waals surface area contributed by atoms with Crippen LogP contribution in [0.4, 0.5) is 14.6 Å². The Morgan fingerprint density at radius 3 is 2.97 bits per heavy atom. The van der Waals surface area contributed by atoms with Crippen LogP contribution in [0, 0.1) is 11.6 Å². The third-order valence-electron chi connectivity index (χ3n) is 5.04. The van der Waals surface area contributed by atoms with E-state index in [1.165, 1.54) is 6.33 Å². The molecule has 0 radical (unpaired) electrons. The molecule has 1 aromatic carbocycles. The minimum absolute atomic E-state index is 0.0421. The minimum Gasteiger partial charge on any atom is -0.394 e. The molecule has 0 spiro atoms. The Morgan fingerprint density at radius 1 is 1.35 bits per heavy atom. The van der Waals surface area contributed by atoms with Gasteiger partial charge in [0, 0.05) is 12.2 Å². The lowest BCUT2D eigenvalue weighted by molar-refractivity contribution is 0.00308. The molecule has 3 aromatic rings. The van der Waals surface area contributed by atoms with E-state index in [0.717, 1.165) is 18.2 Å². The van der Waals surface area contributed by atoms with Gasteiger partial charge >= 0.3 is 0 Å². The van der Waals surface area contributed by atoms with E-state index in [2.05, 4.69) is 30.8 Å². The van der Waals surface area contributed by atoms with Crippen molar-refractivity contribution in [1.82, 2.24) is 25.5 Å². The maximum atomic E-state index is 14.1. The number of aliphatic hydroxyl groups excluding tert-OH is 2. The smallest absolute Gasteiger partial charge is 0.270 e. The van der Waals surface area contributed by atoms with Crippen molar-refractivity contribution >= 4 is 22.8 Å². The number of ether oxygens (including phenoxy) is 1. The van der Waals surface area contributed by atoms with Gasteiger partial charge in [0.1, 0.15) is 29.5 Å². The van der Waals surface area contributed by atoms with E-state index in [-0.39, 0.29) is 34.7 Å². The Kier molecular flexibility index (Phi) is 6.02. The molecule has 1 amide bonds. The Morgan fingerprint density at radius 2 is 2.19 bits per heavy atom. The molecule has 0 unspecified atom stereocenters. The number of anilines is 1. The molecule has 164 valence electrons. The Labute approximate surface area is 174 Å². The zero-order chi connectivity index (χ0) is 22.0. The summed E-state index contributed by atoms with van der Waals surface area (Å²) in [6, 6.07) is 1.11. The molecule has 2 aromatic heterocycles. The Hall–Kier alpha value is -3.22. The second-order valence-corrected chi connectivity index (χ2v) is 7.08. The molecule has 3 heterocycles. The molecule has 3 atom stereocenters. The summed E-state index contributed by atoms with van der Waals surface area (Å²) in [6.07, 6.45) is 1.03. The molecule has 0 bridgehead atoms. The highest BCUT2D eigenvalue weighted by Crippen LogP contribution is 2.25. The molecular formula is C19H20F2N6O4. The highest BCUT2D eigenvalue weighted by Gasteiger charge is 2.27. The Bertz CT molecular complexity index is 1090. The number of halogens is 2. The quantitative estimate of drug-likeness (QED) is 0.380. The van der Waals surface area contributed by atoms with Crippen molar-refractivity contribution in [3.05, 3.63) is 47.4 Å². The predicted molar refractivity (Wildman–Crippen MR) is 104 cm³/mol. The fourth-order valence-corrected chi connectivity index (χ4v) is 3.40. The third-order valence-corrected chi connectivity index (χ3v) is 5.04. The van der Waals surface area contributed by atoms with Gasteiger partial charge in [-0.3, -0.25) is 9.89 Å². The summed E-state index contributed by atoms with van der Waals surface area (Å²) in [5, 5.41) is 32.1. The first-order valence-corrected chi connectivity index (χ1v) is 9.56. The number of aromatic nitrogens is 4. The van der Waals surface area contributed by atoms with Crippen LogP contribution in [0.25, 0.3) is 11.0 Å². The standard InChI is InChI=1S/C19H20F2N6O4/c20-9-1-2-11(21)10(5-9)12(6-28)25-19(30)16-15-17(22-8-23-18(15)27-26-16)24-13-7-31-4-3-14(13)29/h1-2,5,8,12-14,28-29H,3-4,6-7H2,(H,25,30)(H2,22,23,24,26,27)/t12-,13-,14-/m1/s1. The normalized spacial score (nSPS) is 19.9. The van der Waals surface area contributed by atoms with Gasteiger partial charge in [-0.25, -0.2) is 18.7 Å². The highest BCUT2D eigenvalue weighted by atomic mass is 19.1. The molecule has 1 aliphatic heterocycles. The van der Waals surface area contributed by atoms with Gasteiger partial charge in [-0.1, -0.05) is 0 Å². The van der Waals surface area contributed by atoms with Crippen LogP contribution in [0.15, 0.2) is 24.5 Å². The van der Waals surface area contributed by atoms with Crippen molar-refractivity contribution in [2.75, 3.05) is 25.1 Å². The molecule has 1 fully saturated rings. The zero-order valence-corrected chi connectivity index (χ0v) is 16.2. The number of carbonyl (C=O) groups excluding carboxylic acids is 1. The number of benzene rings is 1. The molecule has 0 saturated carbocycles. The first-order chi connectivity index (χ1) is 15.0. The summed E-state index contributed by atoms with van der Waals surface area (Å²) >= 11 is 0. The fourth-order valence-electron chi connectivity index (χ4n) is 3.40. The van der Waals surface area contributed by atoms with E-state index in [4.69, 9.17) is 4.74 Å². The number of amides is 1. The number of aliphatic hydroxyl groups is 2. The zero-order valence-electron chi connectivity index (χ0n) is 16.2. The van der Waals surface area contributed by atoms with Crippen LogP contribution < -0.4 is 10.6 Å². The topological polar surface area (TPSA) is 145 Å². The molecule has 31 heavy (non-hydrogen) atoms. The van der Waals surface area contributed by atoms with Gasteiger partial charge in [0.15, 0.2) is 5.65 Å². The number of H-pyrrole nitrogens is 1. The molecule has 12 heteroatoms. The fraction of sp³-hybridized carbons (Fsp3) is 0.368. The van der Waals surface area contributed by atoms with Crippen molar-refractivity contribution in [2.45, 2.75) is 24.6 Å². The number of hydrogen-bond acceptors (Lipinski definition) is 8. The van der Waals surface area contributed by atoms with E-state index in [0.29, 0.717) is 13.0 Å². The average molecular weight is 434 g/mol. The summed E-state index contributed by atoms with van der Waals surface area (Å²) in [5.41, 5.74) is -0.0531. The predicted octanol–water partition coefficient (Wildman–Crippen LogP) is 0.656. The minimum atomic E-state index is -1.20. The summed E-state index contributed by atoms with van der Waals surface area (Å²) < 4.78 is 33.0. The van der Waals surface area contributed by atoms with Crippen LogP contribution in [-0.4, -0.2) is 68.3 Å². The lowest BCUT2D eigenvalue weighted by Gasteiger charge is -2.28. The number of carbonyl (C=O) groups is 1. The number of aromatic amines is 1. The first kappa shape index (κ1) is 21.0. The molecule has 1 saturated heterocycles. The van der Waals surface area contributed by atoms with Gasteiger partial charge in [0.25, 0.3) is 5.91 Å². The van der Waals surface area contributed by atoms with Crippen LogP contribution >= 0.6 is 0 Å². The van der Waals surface area contributed by atoms with Crippen LogP contribution in [0.5, 0.6) is 0 Å². The molecule has 4 rings (SSSR count). The average Bonchev–Trinajstić information content (AvgIpc) is 3.21. The number of fused-ring (bicyclic) bond motifs is 1. The van der Waals surface area contributed by atoms with E-state index >= 15 is 0 Å². The summed E-state index contributed by atoms with van der Waals surface area (Å²) in [7, 11) is 0. The number of nitrogens with zero attached hydrogens (tertiary/aromatic N) is 3. The van der Waals surface area contributed by atoms with Crippen molar-refractivity contribution in [2.24, 2.45) is 0 Å². The van der Waals surface area contributed by atoms with Gasteiger partial charge in [-0.2, -0.15) is 5.10 Å². The van der Waals surface area contributed by atoms with Gasteiger partial charge < -0.3 is 25.6 Å². The largest absolute Gasteiger partial charge is 0.394 e. The summed E-state index contributed by atoms with van der Waals surface area (Å²) in [4.78, 5) is 21.1. The van der Waals surface area contributed by atoms with Gasteiger partial charge in [0.05, 0.1) is 36.8 Å². The highest BCUT2D eigenvalue weighted by molar-refractivity contribution is 6.07. The second kappa shape index (κ2) is 8.88. The van der Waals surface area contributed by atoms with Crippen molar-refractivity contribution in [3.8, 4) is 0 Å². The van der Waals surface area contributed by atoms with Gasteiger partial charge in [0.2, 0.25) is 0 Å². The molecule has 1 aliphatic rings. The van der Waals surface area contributed by atoms with Crippen LogP contribution in [0.2, 0.25) is 0 Å². The SMILES string of the molecule is O=C(N[C@H](CO)c1cc(F)ccc1F)c1[nH]nc2ncnc(N[C@@H]3COCC[C@H]3O)c12. The molecular weight excluding hydrogens is 414 g/mol. The number of hydrogen-bond donors (Lipinski definition) is 5. The van der Waals surface area contributed by atoms with Gasteiger partial charge in [-0.15, -0.1) is 0 Å². The monoisotopic (exact) mass is 434 g/mol. The Balaban J connectivity index is 1.63. The number of rotatable bonds is 6. The van der Waals surface area contributed by atoms with Crippen LogP contribution in [0.1, 0.15) is 28.5 Å². The van der Waals surface area contributed by atoms with Crippen molar-refractivity contribution < 1.29 is 28.5 Å². The molecule has 10 nitrogen and oxygen atoms in total. The van der Waals surface area contributed by atoms with Crippen LogP contribution in [-0.2, 0) is 4.74 Å². The third kappa shape index (κ3) is 4.31. The van der Waals surface area contributed by atoms with Crippen molar-refractivity contribution in [1.29, 1.82) is 0 Å². The van der Waals surface area contributed by atoms with Crippen LogP contribution in [0.3, 0.4) is 0 Å². The maximum absolute atomic E-state index is 14.1. The molecule has 0 aliphatic carbocycles. The second-order valence-electron chi connectivity index (χ2n) is 7.08. The van der Waals surface area contributed by atoms with E-state index in [9.17, 15) is 23.8 Å². The van der Waals surface area contributed by atoms with E-state index < -0.39 is 42.3 Å². The first-order valence-electron chi connectivity index (χ1n) is 9.56. The lowest BCUT2D eigenvalue weighted by Crippen LogP contribution is -2.42. The number of nitrogens with one attached hydrogen (secondary N) is 3. The van der Waals surface area contributed by atoms with E-state index in [1.807, 2.05) is 0 Å².